The molecule has 0 saturated carbocycles. The van der Waals surface area contributed by atoms with E-state index in [0.29, 0.717) is 39.1 Å². The number of carbonyl (C=O) groups excluding carboxylic acids is 3. The molecule has 1 aliphatic heterocycles. The number of rotatable bonds is 15. The molecule has 1 fully saturated rings. The van der Waals surface area contributed by atoms with Gasteiger partial charge in [0.1, 0.15) is 6.61 Å². The van der Waals surface area contributed by atoms with Crippen LogP contribution in [0.2, 0.25) is 0 Å². The first-order chi connectivity index (χ1) is 13.1. The summed E-state index contributed by atoms with van der Waals surface area (Å²) < 4.78 is 20.6. The van der Waals surface area contributed by atoms with Crippen molar-refractivity contribution in [2.24, 2.45) is 0 Å². The zero-order valence-electron chi connectivity index (χ0n) is 16.1. The summed E-state index contributed by atoms with van der Waals surface area (Å²) in [6.07, 6.45) is 8.45. The molecular formula is C20H32O7. The number of ether oxygens (including phenoxy) is 4. The summed E-state index contributed by atoms with van der Waals surface area (Å²) in [5, 5.41) is 0. The fourth-order valence-corrected chi connectivity index (χ4v) is 2.62. The second-order valence-corrected chi connectivity index (χ2v) is 6.53. The van der Waals surface area contributed by atoms with Crippen LogP contribution in [0.1, 0.15) is 64.2 Å². The first-order valence-electron chi connectivity index (χ1n) is 9.84. The van der Waals surface area contributed by atoms with Crippen molar-refractivity contribution in [3.8, 4) is 0 Å². The van der Waals surface area contributed by atoms with E-state index in [9.17, 15) is 14.4 Å². The predicted molar refractivity (Wildman–Crippen MR) is 99.0 cm³/mol. The molecule has 27 heavy (non-hydrogen) atoms. The highest BCUT2D eigenvalue weighted by atomic mass is 16.6. The molecule has 7 nitrogen and oxygen atoms in total. The normalized spacial score (nSPS) is 15.9. The highest BCUT2D eigenvalue weighted by molar-refractivity contribution is 5.81. The van der Waals surface area contributed by atoms with E-state index in [2.05, 4.69) is 6.58 Å². The standard InChI is InChI=1S/C20H32O7/c1-2-18(21)25-13-7-3-5-11-19(22)26-14-8-4-6-12-20(23)27-16-17-10-9-15-24-17/h2,17H,1,3-16H2. The van der Waals surface area contributed by atoms with Crippen LogP contribution in [-0.2, 0) is 33.3 Å². The van der Waals surface area contributed by atoms with Crippen molar-refractivity contribution in [3.63, 3.8) is 0 Å². The van der Waals surface area contributed by atoms with Crippen LogP contribution in [0.15, 0.2) is 12.7 Å². The smallest absolute Gasteiger partial charge is 0.330 e. The summed E-state index contributed by atoms with van der Waals surface area (Å²) in [5.74, 6) is -0.833. The van der Waals surface area contributed by atoms with Gasteiger partial charge < -0.3 is 18.9 Å². The Morgan fingerprint density at radius 2 is 1.52 bits per heavy atom. The van der Waals surface area contributed by atoms with Crippen LogP contribution >= 0.6 is 0 Å². The zero-order chi connectivity index (χ0) is 19.7. The van der Waals surface area contributed by atoms with E-state index in [1.807, 2.05) is 0 Å². The topological polar surface area (TPSA) is 88.1 Å². The Morgan fingerprint density at radius 1 is 0.889 bits per heavy atom. The number of hydrogen-bond acceptors (Lipinski definition) is 7. The van der Waals surface area contributed by atoms with Crippen LogP contribution in [0, 0.1) is 0 Å². The molecule has 0 spiro atoms. The number of esters is 3. The minimum atomic E-state index is -0.425. The molecule has 0 bridgehead atoms. The van der Waals surface area contributed by atoms with E-state index in [0.717, 1.165) is 57.6 Å². The Hall–Kier alpha value is -1.89. The van der Waals surface area contributed by atoms with Crippen molar-refractivity contribution < 1.29 is 33.3 Å². The summed E-state index contributed by atoms with van der Waals surface area (Å²) in [5.41, 5.74) is 0. The molecule has 154 valence electrons. The van der Waals surface area contributed by atoms with Gasteiger partial charge in [0.2, 0.25) is 0 Å². The van der Waals surface area contributed by atoms with Crippen molar-refractivity contribution in [2.45, 2.75) is 70.3 Å². The maximum absolute atomic E-state index is 11.6. The third-order valence-electron chi connectivity index (χ3n) is 4.18. The lowest BCUT2D eigenvalue weighted by atomic mass is 10.2. The first kappa shape index (κ1) is 23.1. The minimum Gasteiger partial charge on any atom is -0.466 e. The zero-order valence-corrected chi connectivity index (χ0v) is 16.1. The molecule has 0 N–H and O–H groups in total. The summed E-state index contributed by atoms with van der Waals surface area (Å²) >= 11 is 0. The van der Waals surface area contributed by atoms with Gasteiger partial charge in [-0.1, -0.05) is 6.58 Å². The van der Waals surface area contributed by atoms with Crippen molar-refractivity contribution in [1.29, 1.82) is 0 Å². The lowest BCUT2D eigenvalue weighted by Crippen LogP contribution is -2.17. The molecule has 7 heteroatoms. The average Bonchev–Trinajstić information content (AvgIpc) is 3.19. The van der Waals surface area contributed by atoms with E-state index in [1.54, 1.807) is 0 Å². The monoisotopic (exact) mass is 384 g/mol. The van der Waals surface area contributed by atoms with Crippen LogP contribution in [0.3, 0.4) is 0 Å². The van der Waals surface area contributed by atoms with Gasteiger partial charge in [-0.15, -0.1) is 0 Å². The number of unbranched alkanes of at least 4 members (excludes halogenated alkanes) is 4. The predicted octanol–water partition coefficient (Wildman–Crippen LogP) is 3.10. The van der Waals surface area contributed by atoms with E-state index in [4.69, 9.17) is 18.9 Å². The number of hydrogen-bond donors (Lipinski definition) is 0. The Kier molecular flexibility index (Phi) is 13.0. The summed E-state index contributed by atoms with van der Waals surface area (Å²) in [7, 11) is 0. The van der Waals surface area contributed by atoms with Crippen LogP contribution in [0.4, 0.5) is 0 Å². The van der Waals surface area contributed by atoms with Crippen LogP contribution < -0.4 is 0 Å². The second kappa shape index (κ2) is 15.2. The molecule has 1 aliphatic rings. The molecule has 0 radical (unpaired) electrons. The first-order valence-corrected chi connectivity index (χ1v) is 9.84. The lowest BCUT2D eigenvalue weighted by Gasteiger charge is -2.10. The molecule has 1 saturated heterocycles. The van der Waals surface area contributed by atoms with Crippen molar-refractivity contribution in [2.75, 3.05) is 26.4 Å². The van der Waals surface area contributed by atoms with Gasteiger partial charge in [-0.05, 0) is 51.4 Å². The van der Waals surface area contributed by atoms with Gasteiger partial charge in [0.05, 0.1) is 19.3 Å². The summed E-state index contributed by atoms with van der Waals surface area (Å²) in [6.45, 7) is 5.14. The van der Waals surface area contributed by atoms with Gasteiger partial charge in [-0.3, -0.25) is 9.59 Å². The quantitative estimate of drug-likeness (QED) is 0.185. The van der Waals surface area contributed by atoms with Gasteiger partial charge in [0.15, 0.2) is 0 Å². The summed E-state index contributed by atoms with van der Waals surface area (Å²) in [4.78, 5) is 34.0. The minimum absolute atomic E-state index is 0.0653. The molecule has 1 unspecified atom stereocenters. The molecule has 1 atom stereocenters. The molecule has 0 amide bonds. The highest BCUT2D eigenvalue weighted by Crippen LogP contribution is 2.12. The lowest BCUT2D eigenvalue weighted by molar-refractivity contribution is -0.147. The Morgan fingerprint density at radius 3 is 2.11 bits per heavy atom. The van der Waals surface area contributed by atoms with Crippen molar-refractivity contribution >= 4 is 17.9 Å². The average molecular weight is 384 g/mol. The van der Waals surface area contributed by atoms with Crippen molar-refractivity contribution in [1.82, 2.24) is 0 Å². The molecule has 1 rings (SSSR count). The molecule has 1 heterocycles. The maximum atomic E-state index is 11.6. The fraction of sp³-hybridized carbons (Fsp3) is 0.750. The fourth-order valence-electron chi connectivity index (χ4n) is 2.62. The third kappa shape index (κ3) is 13.0. The Labute approximate surface area is 161 Å². The van der Waals surface area contributed by atoms with Gasteiger partial charge in [0.25, 0.3) is 0 Å². The van der Waals surface area contributed by atoms with E-state index in [1.165, 1.54) is 0 Å². The third-order valence-corrected chi connectivity index (χ3v) is 4.18. The van der Waals surface area contributed by atoms with Crippen LogP contribution in [0.5, 0.6) is 0 Å². The van der Waals surface area contributed by atoms with Gasteiger partial charge in [0, 0.05) is 25.5 Å². The molecule has 0 aliphatic carbocycles. The SMILES string of the molecule is C=CC(=O)OCCCCCC(=O)OCCCCCC(=O)OCC1CCCO1. The van der Waals surface area contributed by atoms with Crippen LogP contribution in [-0.4, -0.2) is 50.4 Å². The van der Waals surface area contributed by atoms with Crippen molar-refractivity contribution in [3.05, 3.63) is 12.7 Å². The van der Waals surface area contributed by atoms with Crippen LogP contribution in [0.25, 0.3) is 0 Å². The highest BCUT2D eigenvalue weighted by Gasteiger charge is 2.17. The van der Waals surface area contributed by atoms with Gasteiger partial charge >= 0.3 is 17.9 Å². The maximum Gasteiger partial charge on any atom is 0.330 e. The largest absolute Gasteiger partial charge is 0.466 e. The number of carbonyl (C=O) groups is 3. The second-order valence-electron chi connectivity index (χ2n) is 6.53. The van der Waals surface area contributed by atoms with Gasteiger partial charge in [-0.2, -0.15) is 0 Å². The molecular weight excluding hydrogens is 352 g/mol. The molecule has 0 aromatic carbocycles. The van der Waals surface area contributed by atoms with E-state index < -0.39 is 5.97 Å². The molecule has 0 aromatic heterocycles. The van der Waals surface area contributed by atoms with Gasteiger partial charge in [-0.25, -0.2) is 4.79 Å². The van der Waals surface area contributed by atoms with E-state index >= 15 is 0 Å². The Balaban J connectivity index is 1.84. The summed E-state index contributed by atoms with van der Waals surface area (Å²) in [6, 6.07) is 0. The van der Waals surface area contributed by atoms with E-state index in [-0.39, 0.29) is 18.0 Å². The molecule has 0 aromatic rings. The Bertz CT molecular complexity index is 455.